The van der Waals surface area contributed by atoms with Crippen LogP contribution in [0.5, 0.6) is 0 Å². The Balaban J connectivity index is 2.79. The van der Waals surface area contributed by atoms with Gasteiger partial charge in [-0.3, -0.25) is 0 Å². The van der Waals surface area contributed by atoms with E-state index in [0.717, 1.165) is 0 Å². The molecule has 12 heavy (non-hydrogen) atoms. The summed E-state index contributed by atoms with van der Waals surface area (Å²) in [6.07, 6.45) is -5.40. The van der Waals surface area contributed by atoms with E-state index in [4.69, 9.17) is 0 Å². The zero-order valence-electron chi connectivity index (χ0n) is 5.59. The van der Waals surface area contributed by atoms with Crippen LogP contribution in [0.25, 0.3) is 0 Å². The number of ether oxygens (including phenoxy) is 2. The highest BCUT2D eigenvalue weighted by molar-refractivity contribution is 5.63. The molecule has 1 heterocycles. The molecule has 0 aromatic carbocycles. The predicted molar refractivity (Wildman–Crippen MR) is 30.0 cm³/mol. The van der Waals surface area contributed by atoms with E-state index in [-0.39, 0.29) is 0 Å². The highest BCUT2D eigenvalue weighted by Gasteiger charge is 2.53. The van der Waals surface area contributed by atoms with E-state index in [1.165, 1.54) is 0 Å². The van der Waals surface area contributed by atoms with Crippen LogP contribution < -0.4 is 0 Å². The first kappa shape index (κ1) is 8.71. The SMILES string of the molecule is C#CC1OC(=O)OC1C(F)(F)F. The number of halogens is 3. The molecule has 1 fully saturated rings. The van der Waals surface area contributed by atoms with Crippen molar-refractivity contribution in [2.24, 2.45) is 0 Å². The minimum Gasteiger partial charge on any atom is -0.416 e. The lowest BCUT2D eigenvalue weighted by Crippen LogP contribution is -2.36. The molecule has 1 saturated heterocycles. The van der Waals surface area contributed by atoms with Crippen LogP contribution in [0.2, 0.25) is 0 Å². The van der Waals surface area contributed by atoms with Gasteiger partial charge in [-0.2, -0.15) is 13.2 Å². The molecule has 0 aromatic heterocycles. The summed E-state index contributed by atoms with van der Waals surface area (Å²) >= 11 is 0. The second-order valence-electron chi connectivity index (χ2n) is 2.04. The maximum Gasteiger partial charge on any atom is 0.510 e. The highest BCUT2D eigenvalue weighted by Crippen LogP contribution is 2.30. The van der Waals surface area contributed by atoms with Crippen molar-refractivity contribution in [3.8, 4) is 12.3 Å². The number of carbonyl (C=O) groups excluding carboxylic acids is 1. The van der Waals surface area contributed by atoms with Crippen LogP contribution in [-0.2, 0) is 9.47 Å². The molecule has 1 rings (SSSR count). The molecule has 3 nitrogen and oxygen atoms in total. The van der Waals surface area contributed by atoms with Crippen molar-refractivity contribution in [3.05, 3.63) is 0 Å². The minimum atomic E-state index is -4.68. The molecule has 1 aliphatic rings. The molecule has 2 unspecified atom stereocenters. The number of hydrogen-bond donors (Lipinski definition) is 0. The molecule has 0 aliphatic carbocycles. The van der Waals surface area contributed by atoms with Crippen LogP contribution in [0, 0.1) is 12.3 Å². The Labute approximate surface area is 65.4 Å². The molecule has 0 radical (unpaired) electrons. The number of cyclic esters (lactones) is 2. The summed E-state index contributed by atoms with van der Waals surface area (Å²) in [6.45, 7) is 0. The van der Waals surface area contributed by atoms with E-state index >= 15 is 0 Å². The van der Waals surface area contributed by atoms with Gasteiger partial charge in [0.05, 0.1) is 0 Å². The molecule has 0 N–H and O–H groups in total. The van der Waals surface area contributed by atoms with Gasteiger partial charge in [0.15, 0.2) is 0 Å². The van der Waals surface area contributed by atoms with Gasteiger partial charge in [-0.15, -0.1) is 6.42 Å². The van der Waals surface area contributed by atoms with E-state index in [9.17, 15) is 18.0 Å². The molecule has 0 saturated carbocycles. The highest BCUT2D eigenvalue weighted by atomic mass is 19.4. The van der Waals surface area contributed by atoms with Crippen LogP contribution >= 0.6 is 0 Å². The monoisotopic (exact) mass is 180 g/mol. The molecule has 1 aliphatic heterocycles. The molecule has 0 amide bonds. The Morgan fingerprint density at radius 3 is 2.33 bits per heavy atom. The maximum atomic E-state index is 11.9. The zero-order valence-corrected chi connectivity index (χ0v) is 5.59. The summed E-state index contributed by atoms with van der Waals surface area (Å²) in [5.74, 6) is 1.66. The van der Waals surface area contributed by atoms with E-state index < -0.39 is 24.5 Å². The molecule has 0 spiro atoms. The topological polar surface area (TPSA) is 35.5 Å². The van der Waals surface area contributed by atoms with Crippen molar-refractivity contribution in [1.29, 1.82) is 0 Å². The Kier molecular flexibility index (Phi) is 1.88. The van der Waals surface area contributed by atoms with Crippen LogP contribution in [0.1, 0.15) is 0 Å². The fourth-order valence-corrected chi connectivity index (χ4v) is 0.719. The summed E-state index contributed by atoms with van der Waals surface area (Å²) < 4.78 is 43.6. The van der Waals surface area contributed by atoms with Gasteiger partial charge in [-0.05, 0) is 0 Å². The van der Waals surface area contributed by atoms with Crippen molar-refractivity contribution < 1.29 is 27.4 Å². The Morgan fingerprint density at radius 2 is 2.00 bits per heavy atom. The molecule has 0 aromatic rings. The first-order valence-corrected chi connectivity index (χ1v) is 2.85. The third-order valence-corrected chi connectivity index (χ3v) is 1.21. The van der Waals surface area contributed by atoms with Gasteiger partial charge in [0, 0.05) is 0 Å². The van der Waals surface area contributed by atoms with E-state index in [1.54, 1.807) is 5.92 Å². The Bertz CT molecular complexity index is 239. The van der Waals surface area contributed by atoms with Crippen LogP contribution in [0.15, 0.2) is 0 Å². The number of alkyl halides is 3. The Hall–Kier alpha value is -1.38. The van der Waals surface area contributed by atoms with E-state index in [2.05, 4.69) is 15.9 Å². The molecule has 0 bridgehead atoms. The fraction of sp³-hybridized carbons (Fsp3) is 0.500. The van der Waals surface area contributed by atoms with Crippen molar-refractivity contribution in [2.45, 2.75) is 18.4 Å². The second kappa shape index (κ2) is 2.59. The number of carbonyl (C=O) groups is 1. The van der Waals surface area contributed by atoms with Crippen LogP contribution in [-0.4, -0.2) is 24.5 Å². The van der Waals surface area contributed by atoms with Gasteiger partial charge in [0.2, 0.25) is 12.2 Å². The average molecular weight is 180 g/mol. The van der Waals surface area contributed by atoms with Crippen molar-refractivity contribution in [1.82, 2.24) is 0 Å². The van der Waals surface area contributed by atoms with Crippen molar-refractivity contribution in [3.63, 3.8) is 0 Å². The summed E-state index contributed by atoms with van der Waals surface area (Å²) in [7, 11) is 0. The maximum absolute atomic E-state index is 11.9. The van der Waals surface area contributed by atoms with Gasteiger partial charge < -0.3 is 9.47 Å². The lowest BCUT2D eigenvalue weighted by molar-refractivity contribution is -0.198. The first-order valence-electron chi connectivity index (χ1n) is 2.85. The van der Waals surface area contributed by atoms with Gasteiger partial charge in [-0.1, -0.05) is 5.92 Å². The normalized spacial score (nSPS) is 29.0. The van der Waals surface area contributed by atoms with Gasteiger partial charge >= 0.3 is 12.3 Å². The third-order valence-electron chi connectivity index (χ3n) is 1.21. The summed E-state index contributed by atoms with van der Waals surface area (Å²) in [5.41, 5.74) is 0. The van der Waals surface area contributed by atoms with Crippen molar-refractivity contribution >= 4 is 6.16 Å². The lowest BCUT2D eigenvalue weighted by atomic mass is 10.2. The quantitative estimate of drug-likeness (QED) is 0.413. The van der Waals surface area contributed by atoms with Crippen LogP contribution in [0.3, 0.4) is 0 Å². The van der Waals surface area contributed by atoms with E-state index in [0.29, 0.717) is 0 Å². The summed E-state index contributed by atoms with van der Waals surface area (Å²) in [5, 5.41) is 0. The fourth-order valence-electron chi connectivity index (χ4n) is 0.719. The van der Waals surface area contributed by atoms with E-state index in [1.807, 2.05) is 0 Å². The first-order chi connectivity index (χ1) is 5.45. The van der Waals surface area contributed by atoms with Gasteiger partial charge in [-0.25, -0.2) is 4.79 Å². The molecule has 66 valence electrons. The molecule has 2 atom stereocenters. The van der Waals surface area contributed by atoms with Crippen LogP contribution in [0.4, 0.5) is 18.0 Å². The molecule has 6 heteroatoms. The predicted octanol–water partition coefficient (Wildman–Crippen LogP) is 1.09. The third kappa shape index (κ3) is 1.44. The second-order valence-corrected chi connectivity index (χ2v) is 2.04. The molecular weight excluding hydrogens is 177 g/mol. The summed E-state index contributed by atoms with van der Waals surface area (Å²) in [4.78, 5) is 10.2. The smallest absolute Gasteiger partial charge is 0.416 e. The number of terminal acetylenes is 1. The van der Waals surface area contributed by atoms with Crippen molar-refractivity contribution in [2.75, 3.05) is 0 Å². The zero-order chi connectivity index (χ0) is 9.35. The summed E-state index contributed by atoms with van der Waals surface area (Å²) in [6, 6.07) is 0. The Morgan fingerprint density at radius 1 is 1.42 bits per heavy atom. The minimum absolute atomic E-state index is 1.39. The standard InChI is InChI=1S/C6H3F3O3/c1-2-3-4(6(7,8)9)12-5(10)11-3/h1,3-4H. The van der Waals surface area contributed by atoms with Gasteiger partial charge in [0.25, 0.3) is 0 Å². The lowest BCUT2D eigenvalue weighted by Gasteiger charge is -2.13. The number of rotatable bonds is 0. The number of hydrogen-bond acceptors (Lipinski definition) is 3. The molecular formula is C6H3F3O3. The average Bonchev–Trinajstić information content (AvgIpc) is 2.29. The van der Waals surface area contributed by atoms with Gasteiger partial charge in [0.1, 0.15) is 0 Å². The largest absolute Gasteiger partial charge is 0.510 e.